The summed E-state index contributed by atoms with van der Waals surface area (Å²) >= 11 is 5.76. The molecule has 0 bridgehead atoms. The van der Waals surface area contributed by atoms with Crippen LogP contribution in [-0.4, -0.2) is 17.6 Å². The van der Waals surface area contributed by atoms with Crippen molar-refractivity contribution in [1.82, 2.24) is 5.32 Å². The van der Waals surface area contributed by atoms with Gasteiger partial charge in [-0.2, -0.15) is 0 Å². The number of carboxylic acids is 1. The molecule has 2 atom stereocenters. The summed E-state index contributed by atoms with van der Waals surface area (Å²) in [5.74, 6) is -1.10. The van der Waals surface area contributed by atoms with Gasteiger partial charge in [0, 0.05) is 17.1 Å². The van der Waals surface area contributed by atoms with E-state index in [-0.39, 0.29) is 17.7 Å². The minimum absolute atomic E-state index is 0.176. The summed E-state index contributed by atoms with van der Waals surface area (Å²) in [6.07, 6.45) is 0.709. The molecular weight excluding hydrogens is 245 g/mol. The van der Waals surface area contributed by atoms with E-state index in [0.717, 1.165) is 0 Å². The van der Waals surface area contributed by atoms with E-state index in [1.54, 1.807) is 6.07 Å². The molecule has 17 heavy (non-hydrogen) atoms. The van der Waals surface area contributed by atoms with E-state index < -0.39 is 5.97 Å². The Morgan fingerprint density at radius 1 is 1.59 bits per heavy atom. The van der Waals surface area contributed by atoms with Gasteiger partial charge in [0.15, 0.2) is 0 Å². The van der Waals surface area contributed by atoms with E-state index >= 15 is 0 Å². The predicted molar refractivity (Wildman–Crippen MR) is 62.3 cm³/mol. The van der Waals surface area contributed by atoms with Crippen LogP contribution in [-0.2, 0) is 11.3 Å². The number of hydrogen-bond acceptors (Lipinski definition) is 2. The Morgan fingerprint density at radius 3 is 3.00 bits per heavy atom. The Labute approximate surface area is 104 Å². The van der Waals surface area contributed by atoms with Crippen LogP contribution in [0, 0.1) is 17.7 Å². The van der Waals surface area contributed by atoms with Crippen LogP contribution in [0.25, 0.3) is 0 Å². The van der Waals surface area contributed by atoms with Crippen LogP contribution >= 0.6 is 11.6 Å². The first-order chi connectivity index (χ1) is 8.08. The number of aliphatic carboxylic acids is 1. The lowest BCUT2D eigenvalue weighted by atomic mass is 10.2. The van der Waals surface area contributed by atoms with Gasteiger partial charge >= 0.3 is 5.97 Å². The van der Waals surface area contributed by atoms with Gasteiger partial charge in [-0.15, -0.1) is 0 Å². The second-order valence-electron chi connectivity index (χ2n) is 4.31. The molecule has 1 aliphatic carbocycles. The lowest BCUT2D eigenvalue weighted by Gasteiger charge is -2.05. The molecule has 0 aliphatic heterocycles. The number of rotatable bonds is 5. The molecule has 2 rings (SSSR count). The molecule has 1 saturated carbocycles. The Hall–Kier alpha value is -1.13. The van der Waals surface area contributed by atoms with Gasteiger partial charge in [-0.3, -0.25) is 4.79 Å². The minimum atomic E-state index is -0.745. The van der Waals surface area contributed by atoms with Gasteiger partial charge in [-0.05, 0) is 37.1 Å². The van der Waals surface area contributed by atoms with Crippen LogP contribution in [0.1, 0.15) is 12.0 Å². The molecule has 0 radical (unpaired) electrons. The van der Waals surface area contributed by atoms with Crippen LogP contribution < -0.4 is 5.32 Å². The Balaban J connectivity index is 1.79. The van der Waals surface area contributed by atoms with Gasteiger partial charge in [-0.1, -0.05) is 11.6 Å². The summed E-state index contributed by atoms with van der Waals surface area (Å²) in [5.41, 5.74) is 0.505. The highest BCUT2D eigenvalue weighted by Gasteiger charge is 2.42. The number of nitrogens with one attached hydrogen (secondary N) is 1. The first-order valence-corrected chi connectivity index (χ1v) is 5.83. The number of hydrogen-bond donors (Lipinski definition) is 2. The summed E-state index contributed by atoms with van der Waals surface area (Å²) in [6, 6.07) is 4.41. The predicted octanol–water partition coefficient (Wildman–Crippen LogP) is 2.29. The molecule has 0 saturated heterocycles. The van der Waals surface area contributed by atoms with Crippen molar-refractivity contribution in [2.45, 2.75) is 13.0 Å². The topological polar surface area (TPSA) is 49.3 Å². The molecule has 1 aromatic carbocycles. The second kappa shape index (κ2) is 5.02. The summed E-state index contributed by atoms with van der Waals surface area (Å²) < 4.78 is 13.3. The standard InChI is InChI=1S/C12H13ClFNO2/c13-9-1-2-11(14)8(3-9)6-15-5-7-4-10(7)12(16)17/h1-3,7,10,15H,4-6H2,(H,16,17). The van der Waals surface area contributed by atoms with Crippen LogP contribution in [0.15, 0.2) is 18.2 Å². The molecular formula is C12H13ClFNO2. The molecule has 2 N–H and O–H groups in total. The zero-order chi connectivity index (χ0) is 12.4. The quantitative estimate of drug-likeness (QED) is 0.851. The molecule has 0 aromatic heterocycles. The number of benzene rings is 1. The van der Waals surface area contributed by atoms with Crippen LogP contribution in [0.5, 0.6) is 0 Å². The molecule has 2 unspecified atom stereocenters. The highest BCUT2D eigenvalue weighted by atomic mass is 35.5. The van der Waals surface area contributed by atoms with Gasteiger partial charge in [0.1, 0.15) is 5.82 Å². The molecule has 1 fully saturated rings. The zero-order valence-electron chi connectivity index (χ0n) is 9.12. The van der Waals surface area contributed by atoms with Crippen LogP contribution in [0.2, 0.25) is 5.02 Å². The average molecular weight is 258 g/mol. The van der Waals surface area contributed by atoms with Gasteiger partial charge in [-0.25, -0.2) is 4.39 Å². The molecule has 1 aromatic rings. The van der Waals surface area contributed by atoms with Crippen molar-refractivity contribution in [3.05, 3.63) is 34.6 Å². The van der Waals surface area contributed by atoms with Gasteiger partial charge in [0.25, 0.3) is 0 Å². The van der Waals surface area contributed by atoms with Crippen molar-refractivity contribution in [2.75, 3.05) is 6.54 Å². The normalized spacial score (nSPS) is 22.5. The molecule has 1 aliphatic rings. The molecule has 0 spiro atoms. The van der Waals surface area contributed by atoms with Gasteiger partial charge in [0.2, 0.25) is 0 Å². The van der Waals surface area contributed by atoms with E-state index in [0.29, 0.717) is 30.1 Å². The maximum absolute atomic E-state index is 13.3. The fourth-order valence-electron chi connectivity index (χ4n) is 1.85. The van der Waals surface area contributed by atoms with Crippen molar-refractivity contribution in [3.8, 4) is 0 Å². The van der Waals surface area contributed by atoms with E-state index in [4.69, 9.17) is 16.7 Å². The van der Waals surface area contributed by atoms with E-state index in [9.17, 15) is 9.18 Å². The van der Waals surface area contributed by atoms with E-state index in [1.165, 1.54) is 12.1 Å². The number of halogens is 2. The van der Waals surface area contributed by atoms with Crippen LogP contribution in [0.3, 0.4) is 0 Å². The molecule has 0 heterocycles. The third-order valence-electron chi connectivity index (χ3n) is 2.97. The first kappa shape index (κ1) is 12.3. The first-order valence-electron chi connectivity index (χ1n) is 5.45. The maximum Gasteiger partial charge on any atom is 0.306 e. The monoisotopic (exact) mass is 257 g/mol. The summed E-state index contributed by atoms with van der Waals surface area (Å²) in [4.78, 5) is 10.6. The molecule has 5 heteroatoms. The average Bonchev–Trinajstić information content (AvgIpc) is 3.03. The van der Waals surface area contributed by atoms with Crippen molar-refractivity contribution in [3.63, 3.8) is 0 Å². The third kappa shape index (κ3) is 3.17. The Bertz CT molecular complexity index is 439. The van der Waals surface area contributed by atoms with Crippen molar-refractivity contribution >= 4 is 17.6 Å². The fraction of sp³-hybridized carbons (Fsp3) is 0.417. The second-order valence-corrected chi connectivity index (χ2v) is 4.74. The zero-order valence-corrected chi connectivity index (χ0v) is 9.88. The van der Waals surface area contributed by atoms with E-state index in [2.05, 4.69) is 5.32 Å². The van der Waals surface area contributed by atoms with Crippen molar-refractivity contribution in [2.24, 2.45) is 11.8 Å². The van der Waals surface area contributed by atoms with Crippen LogP contribution in [0.4, 0.5) is 4.39 Å². The Kier molecular flexibility index (Phi) is 3.64. The largest absolute Gasteiger partial charge is 0.481 e. The molecule has 3 nitrogen and oxygen atoms in total. The SMILES string of the molecule is O=C(O)C1CC1CNCc1cc(Cl)ccc1F. The summed E-state index contributed by atoms with van der Waals surface area (Å²) in [6.45, 7) is 0.970. The highest BCUT2D eigenvalue weighted by Crippen LogP contribution is 2.37. The molecule has 0 amide bonds. The smallest absolute Gasteiger partial charge is 0.306 e. The van der Waals surface area contributed by atoms with Gasteiger partial charge in [0.05, 0.1) is 5.92 Å². The van der Waals surface area contributed by atoms with Crippen molar-refractivity contribution < 1.29 is 14.3 Å². The Morgan fingerprint density at radius 2 is 2.35 bits per heavy atom. The maximum atomic E-state index is 13.3. The summed E-state index contributed by atoms with van der Waals surface area (Å²) in [5, 5.41) is 12.3. The lowest BCUT2D eigenvalue weighted by molar-refractivity contribution is -0.138. The highest BCUT2D eigenvalue weighted by molar-refractivity contribution is 6.30. The fourth-order valence-corrected chi connectivity index (χ4v) is 2.04. The van der Waals surface area contributed by atoms with E-state index in [1.807, 2.05) is 0 Å². The summed E-state index contributed by atoms with van der Waals surface area (Å²) in [7, 11) is 0. The van der Waals surface area contributed by atoms with Gasteiger partial charge < -0.3 is 10.4 Å². The lowest BCUT2D eigenvalue weighted by Crippen LogP contribution is -2.18. The molecule has 92 valence electrons. The minimum Gasteiger partial charge on any atom is -0.481 e. The number of carbonyl (C=O) groups is 1. The number of carboxylic acid groups (broad SMARTS) is 1. The van der Waals surface area contributed by atoms with Crippen molar-refractivity contribution in [1.29, 1.82) is 0 Å². The third-order valence-corrected chi connectivity index (χ3v) is 3.20.